The molecule has 0 aromatic heterocycles. The number of nitrogens with zero attached hydrogens (tertiary/aromatic N) is 1. The molecule has 0 aromatic rings. The van der Waals surface area contributed by atoms with Gasteiger partial charge in [-0.25, -0.2) is 0 Å². The molecule has 0 amide bonds. The number of piperidine rings is 1. The maximum Gasteiger partial charge on any atom is 0.150 e. The molecule has 0 bridgehead atoms. The Kier molecular flexibility index (Phi) is 5.62. The van der Waals surface area contributed by atoms with Gasteiger partial charge in [0.1, 0.15) is 5.78 Å². The second-order valence-electron chi connectivity index (χ2n) is 12.8. The normalized spacial score (nSPS) is 51.7. The zero-order chi connectivity index (χ0) is 21.1. The molecule has 170 valence electrons. The fourth-order valence-electron chi connectivity index (χ4n) is 9.37. The minimum atomic E-state index is -0.423. The van der Waals surface area contributed by atoms with Crippen molar-refractivity contribution >= 4 is 5.78 Å². The van der Waals surface area contributed by atoms with Gasteiger partial charge in [-0.15, -0.1) is 0 Å². The number of hydrogen-bond donors (Lipinski definition) is 1. The van der Waals surface area contributed by atoms with E-state index in [1.807, 2.05) is 0 Å². The number of Topliss-reactive ketones (excluding diaryl/α,β-unsaturated/α-hetero) is 1. The van der Waals surface area contributed by atoms with E-state index in [0.29, 0.717) is 18.2 Å². The maximum absolute atomic E-state index is 13.5. The topological polar surface area (TPSA) is 40.5 Å². The van der Waals surface area contributed by atoms with Crippen LogP contribution in [0.5, 0.6) is 0 Å². The molecule has 3 nitrogen and oxygen atoms in total. The van der Waals surface area contributed by atoms with Crippen molar-refractivity contribution in [1.82, 2.24) is 4.90 Å². The third-order valence-electron chi connectivity index (χ3n) is 10.7. The molecule has 0 aromatic carbocycles. The summed E-state index contributed by atoms with van der Waals surface area (Å²) in [7, 11) is 0. The molecule has 1 N–H and O–H groups in total. The van der Waals surface area contributed by atoms with Crippen LogP contribution in [0.2, 0.25) is 0 Å². The average molecular weight is 416 g/mol. The summed E-state index contributed by atoms with van der Waals surface area (Å²) in [5, 5.41) is 10.6. The monoisotopic (exact) mass is 415 g/mol. The smallest absolute Gasteiger partial charge is 0.150 e. The summed E-state index contributed by atoms with van der Waals surface area (Å²) in [6, 6.07) is 0. The number of likely N-dealkylation sites (tertiary alicyclic amines) is 1. The predicted molar refractivity (Wildman–Crippen MR) is 121 cm³/mol. The minimum absolute atomic E-state index is 0.257. The molecular weight excluding hydrogens is 370 g/mol. The average Bonchev–Trinajstić information content (AvgIpc) is 3.04. The summed E-state index contributed by atoms with van der Waals surface area (Å²) in [6.45, 7) is 9.86. The van der Waals surface area contributed by atoms with E-state index in [1.165, 1.54) is 51.4 Å². The number of ketones is 1. The predicted octanol–water partition coefficient (Wildman–Crippen LogP) is 5.31. The number of carbonyl (C=O) groups excluding carboxylic acids is 1. The van der Waals surface area contributed by atoms with E-state index in [2.05, 4.69) is 25.7 Å². The molecule has 4 aliphatic carbocycles. The number of aliphatic hydroxyl groups is 1. The van der Waals surface area contributed by atoms with Crippen LogP contribution in [0.4, 0.5) is 0 Å². The van der Waals surface area contributed by atoms with Gasteiger partial charge in [-0.3, -0.25) is 9.69 Å². The zero-order valence-electron chi connectivity index (χ0n) is 19.7. The lowest BCUT2D eigenvalue weighted by Crippen LogP contribution is -2.51. The van der Waals surface area contributed by atoms with Gasteiger partial charge in [-0.05, 0) is 125 Å². The largest absolute Gasteiger partial charge is 0.390 e. The van der Waals surface area contributed by atoms with Crippen LogP contribution < -0.4 is 0 Å². The Morgan fingerprint density at radius 1 is 0.967 bits per heavy atom. The van der Waals surface area contributed by atoms with Gasteiger partial charge in [0.2, 0.25) is 0 Å². The lowest BCUT2D eigenvalue weighted by atomic mass is 9.49. The molecule has 5 rings (SSSR count). The summed E-state index contributed by atoms with van der Waals surface area (Å²) in [5.41, 5.74) is -0.166. The van der Waals surface area contributed by atoms with Crippen molar-refractivity contribution in [2.24, 2.45) is 46.8 Å². The van der Waals surface area contributed by atoms with Crippen LogP contribution in [0.3, 0.4) is 0 Å². The van der Waals surface area contributed by atoms with Gasteiger partial charge >= 0.3 is 0 Å². The molecule has 0 spiro atoms. The molecule has 5 fully saturated rings. The number of hydrogen-bond acceptors (Lipinski definition) is 3. The Bertz CT molecular complexity index is 659. The third kappa shape index (κ3) is 3.70. The fraction of sp³-hybridized carbons (Fsp3) is 0.963. The lowest BCUT2D eigenvalue weighted by molar-refractivity contribution is -0.133. The molecule has 1 unspecified atom stereocenters. The van der Waals surface area contributed by atoms with Gasteiger partial charge in [0, 0.05) is 12.5 Å². The third-order valence-corrected chi connectivity index (χ3v) is 10.7. The van der Waals surface area contributed by atoms with Crippen LogP contribution in [0, 0.1) is 46.8 Å². The van der Waals surface area contributed by atoms with Crippen molar-refractivity contribution in [1.29, 1.82) is 0 Å². The van der Waals surface area contributed by atoms with Crippen molar-refractivity contribution in [3.8, 4) is 0 Å². The first-order valence-corrected chi connectivity index (χ1v) is 13.2. The highest BCUT2D eigenvalue weighted by molar-refractivity contribution is 5.84. The zero-order valence-corrected chi connectivity index (χ0v) is 19.7. The summed E-state index contributed by atoms with van der Waals surface area (Å²) in [4.78, 5) is 15.9. The molecule has 1 saturated heterocycles. The van der Waals surface area contributed by atoms with Crippen LogP contribution in [-0.4, -0.2) is 41.0 Å². The molecule has 0 radical (unpaired) electrons. The van der Waals surface area contributed by atoms with Crippen molar-refractivity contribution < 1.29 is 9.90 Å². The van der Waals surface area contributed by atoms with Crippen LogP contribution >= 0.6 is 0 Å². The van der Waals surface area contributed by atoms with Gasteiger partial charge < -0.3 is 5.11 Å². The molecule has 3 heteroatoms. The first kappa shape index (κ1) is 21.4. The van der Waals surface area contributed by atoms with Crippen LogP contribution in [0.1, 0.15) is 91.4 Å². The van der Waals surface area contributed by atoms with Gasteiger partial charge in [0.25, 0.3) is 0 Å². The molecular formula is C27H45NO2. The quantitative estimate of drug-likeness (QED) is 0.679. The molecule has 4 saturated carbocycles. The highest BCUT2D eigenvalue weighted by Crippen LogP contribution is 2.64. The molecule has 1 heterocycles. The second kappa shape index (κ2) is 7.87. The molecule has 30 heavy (non-hydrogen) atoms. The highest BCUT2D eigenvalue weighted by atomic mass is 16.3. The lowest BCUT2D eigenvalue weighted by Gasteiger charge is -2.57. The van der Waals surface area contributed by atoms with E-state index in [-0.39, 0.29) is 5.41 Å². The van der Waals surface area contributed by atoms with Crippen molar-refractivity contribution in [3.05, 3.63) is 0 Å². The first-order chi connectivity index (χ1) is 14.3. The van der Waals surface area contributed by atoms with Gasteiger partial charge in [0.15, 0.2) is 0 Å². The van der Waals surface area contributed by atoms with E-state index in [9.17, 15) is 9.90 Å². The van der Waals surface area contributed by atoms with E-state index in [0.717, 1.165) is 67.9 Å². The Morgan fingerprint density at radius 2 is 1.77 bits per heavy atom. The Morgan fingerprint density at radius 3 is 2.57 bits per heavy atom. The van der Waals surface area contributed by atoms with E-state index in [4.69, 9.17) is 0 Å². The van der Waals surface area contributed by atoms with Crippen LogP contribution in [-0.2, 0) is 4.79 Å². The maximum atomic E-state index is 13.5. The number of fused-ring (bicyclic) bond motifs is 5. The molecule has 5 aliphatic rings. The SMILES string of the molecule is CC1CCCN(CC(=O)[C@H]2CC[C@H]3[C@@H]4CC[C@@H]5C[C@](C)(O)CC[C@@H]5[C@H]4CC[C@]23C)C1. The van der Waals surface area contributed by atoms with Crippen molar-refractivity contribution in [2.45, 2.75) is 97.0 Å². The summed E-state index contributed by atoms with van der Waals surface area (Å²) < 4.78 is 0. The van der Waals surface area contributed by atoms with E-state index < -0.39 is 5.60 Å². The summed E-state index contributed by atoms with van der Waals surface area (Å²) in [6.07, 6.45) is 13.6. The molecule has 1 aliphatic heterocycles. The summed E-state index contributed by atoms with van der Waals surface area (Å²) in [5.74, 6) is 5.71. The van der Waals surface area contributed by atoms with Crippen molar-refractivity contribution in [2.75, 3.05) is 19.6 Å². The van der Waals surface area contributed by atoms with Crippen molar-refractivity contribution in [3.63, 3.8) is 0 Å². The Labute approximate surface area is 184 Å². The highest BCUT2D eigenvalue weighted by Gasteiger charge is 2.58. The number of rotatable bonds is 3. The number of carbonyl (C=O) groups is 1. The summed E-state index contributed by atoms with van der Waals surface area (Å²) >= 11 is 0. The van der Waals surface area contributed by atoms with E-state index in [1.54, 1.807) is 0 Å². The first-order valence-electron chi connectivity index (χ1n) is 13.2. The van der Waals surface area contributed by atoms with Crippen LogP contribution in [0.25, 0.3) is 0 Å². The van der Waals surface area contributed by atoms with Gasteiger partial charge in [-0.1, -0.05) is 13.8 Å². The van der Waals surface area contributed by atoms with E-state index >= 15 is 0 Å². The Balaban J connectivity index is 1.27. The Hall–Kier alpha value is -0.410. The van der Waals surface area contributed by atoms with Gasteiger partial charge in [-0.2, -0.15) is 0 Å². The van der Waals surface area contributed by atoms with Gasteiger partial charge in [0.05, 0.1) is 12.1 Å². The second-order valence-corrected chi connectivity index (χ2v) is 12.8. The minimum Gasteiger partial charge on any atom is -0.390 e. The fourth-order valence-corrected chi connectivity index (χ4v) is 9.37. The standard InChI is InChI=1S/C27H45NO2/c1-18-5-4-14-28(16-18)17-25(29)24-9-8-23-22-7-6-19-15-26(2,30)12-10-20(19)21(22)11-13-27(23,24)3/h18-24,30H,4-17H2,1-3H3/t18?,19-,20+,21-,22-,23+,24-,26-,27+/m1/s1. The van der Waals surface area contributed by atoms with Crippen LogP contribution in [0.15, 0.2) is 0 Å². The molecule has 9 atom stereocenters.